The Bertz CT molecular complexity index is 1450. The third-order valence-electron chi connectivity index (χ3n) is 5.23. The summed E-state index contributed by atoms with van der Waals surface area (Å²) in [6.45, 7) is 1.73. The molecule has 0 aliphatic rings. The normalized spacial score (nSPS) is 10.8. The first kappa shape index (κ1) is 24.7. The highest BCUT2D eigenvalue weighted by atomic mass is 35.5. The number of carbonyl (C=O) groups is 2. The van der Waals surface area contributed by atoms with Crippen LogP contribution in [0.2, 0.25) is 15.1 Å². The molecule has 0 atom stereocenters. The molecule has 1 heterocycles. The highest BCUT2D eigenvalue weighted by molar-refractivity contribution is 6.35. The summed E-state index contributed by atoms with van der Waals surface area (Å²) in [5.74, 6) is -2.13. The highest BCUT2D eigenvalue weighted by Crippen LogP contribution is 2.33. The standard InChI is InChI=1S/C25H17Cl3FN3O3/c1-13-22(24(33)30-20-9-5-15(11-19(20)29)25(34)35-2)31-32(21-10-8-17(27)12-18(21)28)23(13)14-3-6-16(26)7-4-14/h3-12H,1-2H3,(H,30,33). The van der Waals surface area contributed by atoms with Crippen LogP contribution in [0.3, 0.4) is 0 Å². The summed E-state index contributed by atoms with van der Waals surface area (Å²) in [6, 6.07) is 15.5. The van der Waals surface area contributed by atoms with Crippen molar-refractivity contribution >= 4 is 52.4 Å². The topological polar surface area (TPSA) is 73.2 Å². The number of aromatic nitrogens is 2. The Balaban J connectivity index is 1.79. The van der Waals surface area contributed by atoms with Crippen molar-refractivity contribution in [1.82, 2.24) is 9.78 Å². The fraction of sp³-hybridized carbons (Fsp3) is 0.0800. The fourth-order valence-electron chi connectivity index (χ4n) is 3.53. The van der Waals surface area contributed by atoms with Gasteiger partial charge in [0.25, 0.3) is 5.91 Å². The van der Waals surface area contributed by atoms with Crippen LogP contribution in [0.4, 0.5) is 10.1 Å². The van der Waals surface area contributed by atoms with Gasteiger partial charge in [-0.15, -0.1) is 0 Å². The molecule has 0 aliphatic heterocycles. The molecule has 6 nitrogen and oxygen atoms in total. The van der Waals surface area contributed by atoms with Crippen LogP contribution in [0, 0.1) is 12.7 Å². The third-order valence-corrected chi connectivity index (χ3v) is 6.02. The number of amides is 1. The molecule has 0 fully saturated rings. The average Bonchev–Trinajstić information content (AvgIpc) is 3.17. The van der Waals surface area contributed by atoms with Crippen LogP contribution in [0.1, 0.15) is 26.4 Å². The van der Waals surface area contributed by atoms with Gasteiger partial charge >= 0.3 is 5.97 Å². The third kappa shape index (κ3) is 5.03. The minimum Gasteiger partial charge on any atom is -0.465 e. The molecule has 4 aromatic rings. The molecular weight excluding hydrogens is 516 g/mol. The largest absolute Gasteiger partial charge is 0.465 e. The van der Waals surface area contributed by atoms with Gasteiger partial charge in [-0.3, -0.25) is 4.79 Å². The first-order chi connectivity index (χ1) is 16.7. The van der Waals surface area contributed by atoms with Gasteiger partial charge in [-0.05, 0) is 55.5 Å². The number of nitrogens with zero attached hydrogens (tertiary/aromatic N) is 2. The first-order valence-corrected chi connectivity index (χ1v) is 11.3. The van der Waals surface area contributed by atoms with E-state index in [4.69, 9.17) is 34.8 Å². The second kappa shape index (κ2) is 10.1. The highest BCUT2D eigenvalue weighted by Gasteiger charge is 2.24. The van der Waals surface area contributed by atoms with E-state index >= 15 is 0 Å². The Kier molecular flexibility index (Phi) is 7.12. The minimum absolute atomic E-state index is 0.0193. The van der Waals surface area contributed by atoms with Crippen LogP contribution in [0.25, 0.3) is 16.9 Å². The number of benzene rings is 3. The van der Waals surface area contributed by atoms with Gasteiger partial charge in [-0.2, -0.15) is 5.10 Å². The Hall–Kier alpha value is -3.39. The van der Waals surface area contributed by atoms with Crippen molar-refractivity contribution in [3.05, 3.63) is 98.4 Å². The minimum atomic E-state index is -0.794. The average molecular weight is 533 g/mol. The van der Waals surface area contributed by atoms with E-state index in [1.54, 1.807) is 49.4 Å². The summed E-state index contributed by atoms with van der Waals surface area (Å²) in [5.41, 5.74) is 2.31. The van der Waals surface area contributed by atoms with Gasteiger partial charge in [-0.1, -0.05) is 46.9 Å². The Labute approximate surface area is 215 Å². The summed E-state index contributed by atoms with van der Waals surface area (Å²) >= 11 is 18.5. The van der Waals surface area contributed by atoms with Crippen LogP contribution in [-0.2, 0) is 4.74 Å². The van der Waals surface area contributed by atoms with Gasteiger partial charge in [0.1, 0.15) is 5.82 Å². The Morgan fingerprint density at radius 1 is 0.971 bits per heavy atom. The van der Waals surface area contributed by atoms with Crippen molar-refractivity contribution in [2.45, 2.75) is 6.92 Å². The zero-order valence-corrected chi connectivity index (χ0v) is 20.7. The molecule has 0 aliphatic carbocycles. The lowest BCUT2D eigenvalue weighted by molar-refractivity contribution is 0.0600. The number of methoxy groups -OCH3 is 1. The van der Waals surface area contributed by atoms with E-state index in [0.717, 1.165) is 11.6 Å². The van der Waals surface area contributed by atoms with E-state index in [-0.39, 0.29) is 16.9 Å². The van der Waals surface area contributed by atoms with E-state index < -0.39 is 17.7 Å². The van der Waals surface area contributed by atoms with Crippen LogP contribution in [0.5, 0.6) is 0 Å². The number of hydrogen-bond acceptors (Lipinski definition) is 4. The van der Waals surface area contributed by atoms with Crippen molar-refractivity contribution in [1.29, 1.82) is 0 Å². The molecule has 1 N–H and O–H groups in total. The van der Waals surface area contributed by atoms with Gasteiger partial charge in [-0.25, -0.2) is 13.9 Å². The molecule has 0 bridgehead atoms. The zero-order chi connectivity index (χ0) is 25.3. The van der Waals surface area contributed by atoms with Gasteiger partial charge in [0.2, 0.25) is 0 Å². The number of nitrogens with one attached hydrogen (secondary N) is 1. The van der Waals surface area contributed by atoms with Crippen LogP contribution in [0.15, 0.2) is 60.7 Å². The molecule has 3 aromatic carbocycles. The Morgan fingerprint density at radius 2 is 1.66 bits per heavy atom. The lowest BCUT2D eigenvalue weighted by atomic mass is 10.1. The number of halogens is 4. The molecule has 1 amide bonds. The van der Waals surface area contributed by atoms with Crippen LogP contribution >= 0.6 is 34.8 Å². The summed E-state index contributed by atoms with van der Waals surface area (Å²) in [6.07, 6.45) is 0. The van der Waals surface area contributed by atoms with Crippen molar-refractivity contribution in [3.63, 3.8) is 0 Å². The number of anilines is 1. The molecule has 0 saturated carbocycles. The van der Waals surface area contributed by atoms with Crippen molar-refractivity contribution < 1.29 is 18.7 Å². The maximum atomic E-state index is 14.6. The summed E-state index contributed by atoms with van der Waals surface area (Å²) in [5, 5.41) is 8.33. The number of hydrogen-bond donors (Lipinski definition) is 1. The molecule has 0 spiro atoms. The number of carbonyl (C=O) groups excluding carboxylic acids is 2. The van der Waals surface area contributed by atoms with Gasteiger partial charge in [0, 0.05) is 21.2 Å². The molecule has 35 heavy (non-hydrogen) atoms. The molecule has 0 unspecified atom stereocenters. The van der Waals surface area contributed by atoms with Gasteiger partial charge in [0.05, 0.1) is 34.8 Å². The van der Waals surface area contributed by atoms with E-state index in [2.05, 4.69) is 15.2 Å². The van der Waals surface area contributed by atoms with Crippen molar-refractivity contribution in [3.8, 4) is 16.9 Å². The number of esters is 1. The number of rotatable bonds is 5. The zero-order valence-electron chi connectivity index (χ0n) is 18.4. The predicted molar refractivity (Wildman–Crippen MR) is 134 cm³/mol. The SMILES string of the molecule is COC(=O)c1ccc(NC(=O)c2nn(-c3ccc(Cl)cc3Cl)c(-c3ccc(Cl)cc3)c2C)c(F)c1. The molecule has 1 aromatic heterocycles. The molecule has 10 heteroatoms. The van der Waals surface area contributed by atoms with Gasteiger partial charge in [0.15, 0.2) is 5.69 Å². The molecule has 0 radical (unpaired) electrons. The first-order valence-electron chi connectivity index (χ1n) is 10.2. The van der Waals surface area contributed by atoms with E-state index in [1.807, 2.05) is 0 Å². The van der Waals surface area contributed by atoms with E-state index in [1.165, 1.54) is 23.9 Å². The monoisotopic (exact) mass is 531 g/mol. The van der Waals surface area contributed by atoms with E-state index in [0.29, 0.717) is 32.0 Å². The predicted octanol–water partition coefficient (Wildman–Crippen LogP) is 6.99. The maximum absolute atomic E-state index is 14.6. The molecule has 178 valence electrons. The van der Waals surface area contributed by atoms with Crippen LogP contribution < -0.4 is 5.32 Å². The second-order valence-corrected chi connectivity index (χ2v) is 8.76. The fourth-order valence-corrected chi connectivity index (χ4v) is 4.14. The lowest BCUT2D eigenvalue weighted by Crippen LogP contribution is -2.15. The van der Waals surface area contributed by atoms with E-state index in [9.17, 15) is 14.0 Å². The van der Waals surface area contributed by atoms with Crippen LogP contribution in [-0.4, -0.2) is 28.8 Å². The summed E-state index contributed by atoms with van der Waals surface area (Å²) < 4.78 is 20.7. The maximum Gasteiger partial charge on any atom is 0.337 e. The number of ether oxygens (including phenoxy) is 1. The van der Waals surface area contributed by atoms with Crippen molar-refractivity contribution in [2.24, 2.45) is 0 Å². The second-order valence-electron chi connectivity index (χ2n) is 7.48. The van der Waals surface area contributed by atoms with Crippen molar-refractivity contribution in [2.75, 3.05) is 12.4 Å². The summed E-state index contributed by atoms with van der Waals surface area (Å²) in [7, 11) is 1.19. The molecular formula is C25H17Cl3FN3O3. The quantitative estimate of drug-likeness (QED) is 0.281. The molecule has 4 rings (SSSR count). The van der Waals surface area contributed by atoms with Gasteiger partial charge < -0.3 is 10.1 Å². The lowest BCUT2D eigenvalue weighted by Gasteiger charge is -2.11. The Morgan fingerprint density at radius 3 is 2.29 bits per heavy atom. The smallest absolute Gasteiger partial charge is 0.337 e. The molecule has 0 saturated heterocycles. The summed E-state index contributed by atoms with van der Waals surface area (Å²) in [4.78, 5) is 24.8.